The lowest BCUT2D eigenvalue weighted by molar-refractivity contribution is -0.125. The molecule has 5 N–H and O–H groups in total. The molecule has 1 saturated heterocycles. The first-order valence-corrected chi connectivity index (χ1v) is 13.1. The van der Waals surface area contributed by atoms with Gasteiger partial charge in [0.1, 0.15) is 5.54 Å². The van der Waals surface area contributed by atoms with E-state index in [9.17, 15) is 23.5 Å². The SMILES string of the molecule is O=C1NC(=O)C2(CCCCC2NC(=O)c2ccc(CN3CCS(O)(O)c4ccccc43)cc2)N1. The first-order valence-electron chi connectivity index (χ1n) is 11.4. The normalized spacial score (nSPS) is 26.4. The molecule has 2 atom stereocenters. The maximum atomic E-state index is 13.0. The van der Waals surface area contributed by atoms with E-state index in [2.05, 4.69) is 20.9 Å². The number of nitrogens with one attached hydrogen (secondary N) is 3. The fourth-order valence-electron chi connectivity index (χ4n) is 5.15. The quantitative estimate of drug-likeness (QED) is 0.424. The molecule has 2 aromatic rings. The highest BCUT2D eigenvalue weighted by atomic mass is 32.3. The minimum Gasteiger partial charge on any atom is -0.364 e. The average molecular weight is 485 g/mol. The van der Waals surface area contributed by atoms with Crippen molar-refractivity contribution in [3.05, 3.63) is 59.7 Å². The number of carbonyl (C=O) groups is 3. The molecule has 4 amide bonds. The van der Waals surface area contributed by atoms with Crippen LogP contribution in [0.25, 0.3) is 0 Å². The number of rotatable bonds is 4. The van der Waals surface area contributed by atoms with Gasteiger partial charge in [0, 0.05) is 18.7 Å². The second-order valence-electron chi connectivity index (χ2n) is 9.11. The molecule has 2 aliphatic heterocycles. The molecule has 1 saturated carbocycles. The molecule has 10 heteroatoms. The largest absolute Gasteiger partial charge is 0.364 e. The van der Waals surface area contributed by atoms with Crippen LogP contribution in [0, 0.1) is 0 Å². The van der Waals surface area contributed by atoms with Crippen molar-refractivity contribution in [2.75, 3.05) is 17.2 Å². The summed E-state index contributed by atoms with van der Waals surface area (Å²) in [4.78, 5) is 39.9. The van der Waals surface area contributed by atoms with Gasteiger partial charge in [-0.15, -0.1) is 0 Å². The van der Waals surface area contributed by atoms with Crippen molar-refractivity contribution in [2.45, 2.75) is 48.7 Å². The zero-order valence-corrected chi connectivity index (χ0v) is 19.4. The monoisotopic (exact) mass is 484 g/mol. The molecule has 1 spiro atoms. The molecule has 180 valence electrons. The molecule has 2 unspecified atom stereocenters. The van der Waals surface area contributed by atoms with Crippen LogP contribution in [-0.4, -0.2) is 50.8 Å². The number of imide groups is 1. The van der Waals surface area contributed by atoms with Crippen LogP contribution in [-0.2, 0) is 11.3 Å². The van der Waals surface area contributed by atoms with Gasteiger partial charge in [-0.2, -0.15) is 10.6 Å². The topological polar surface area (TPSA) is 131 Å². The van der Waals surface area contributed by atoms with Gasteiger partial charge in [0.15, 0.2) is 0 Å². The molecular weight excluding hydrogens is 456 g/mol. The Bertz CT molecular complexity index is 1140. The van der Waals surface area contributed by atoms with E-state index in [4.69, 9.17) is 0 Å². The maximum absolute atomic E-state index is 13.0. The zero-order valence-electron chi connectivity index (χ0n) is 18.6. The molecule has 2 heterocycles. The van der Waals surface area contributed by atoms with Gasteiger partial charge in [0.2, 0.25) is 0 Å². The van der Waals surface area contributed by atoms with E-state index >= 15 is 0 Å². The Morgan fingerprint density at radius 1 is 1.12 bits per heavy atom. The number of fused-ring (bicyclic) bond motifs is 1. The lowest BCUT2D eigenvalue weighted by Gasteiger charge is -2.43. The van der Waals surface area contributed by atoms with E-state index in [1.54, 1.807) is 24.3 Å². The minimum absolute atomic E-state index is 0.288. The summed E-state index contributed by atoms with van der Waals surface area (Å²) in [6, 6.07) is 13.6. The number of carbonyl (C=O) groups excluding carboxylic acids is 3. The highest BCUT2D eigenvalue weighted by Gasteiger charge is 2.53. The van der Waals surface area contributed by atoms with Crippen LogP contribution in [0.1, 0.15) is 41.6 Å². The third kappa shape index (κ3) is 4.02. The van der Waals surface area contributed by atoms with Gasteiger partial charge >= 0.3 is 6.03 Å². The molecular formula is C24H28N4O5S. The number of para-hydroxylation sites is 1. The van der Waals surface area contributed by atoms with E-state index in [0.29, 0.717) is 36.4 Å². The van der Waals surface area contributed by atoms with Crippen molar-refractivity contribution >= 4 is 34.1 Å². The van der Waals surface area contributed by atoms with E-state index < -0.39 is 28.2 Å². The Morgan fingerprint density at radius 2 is 1.88 bits per heavy atom. The molecule has 3 aliphatic rings. The van der Waals surface area contributed by atoms with Crippen LogP contribution in [0.2, 0.25) is 0 Å². The molecule has 34 heavy (non-hydrogen) atoms. The number of benzene rings is 2. The molecule has 2 fully saturated rings. The van der Waals surface area contributed by atoms with Crippen molar-refractivity contribution in [1.82, 2.24) is 16.0 Å². The van der Waals surface area contributed by atoms with Crippen molar-refractivity contribution < 1.29 is 23.5 Å². The molecule has 0 aromatic heterocycles. The van der Waals surface area contributed by atoms with Crippen molar-refractivity contribution in [1.29, 1.82) is 0 Å². The average Bonchev–Trinajstić information content (AvgIpc) is 3.11. The summed E-state index contributed by atoms with van der Waals surface area (Å²) in [6.07, 6.45) is 2.79. The fourth-order valence-corrected chi connectivity index (χ4v) is 6.67. The second-order valence-corrected chi connectivity index (χ2v) is 11.3. The summed E-state index contributed by atoms with van der Waals surface area (Å²) in [5.74, 6) is -0.377. The van der Waals surface area contributed by atoms with Crippen LogP contribution in [0.5, 0.6) is 0 Å². The van der Waals surface area contributed by atoms with E-state index in [0.717, 1.165) is 24.1 Å². The molecule has 5 rings (SSSR count). The van der Waals surface area contributed by atoms with Crippen LogP contribution in [0.4, 0.5) is 10.5 Å². The Morgan fingerprint density at radius 3 is 2.62 bits per heavy atom. The lowest BCUT2D eigenvalue weighted by atomic mass is 9.77. The van der Waals surface area contributed by atoms with Gasteiger partial charge in [-0.3, -0.25) is 24.0 Å². The zero-order chi connectivity index (χ0) is 23.9. The summed E-state index contributed by atoms with van der Waals surface area (Å²) in [7, 11) is -2.77. The van der Waals surface area contributed by atoms with Gasteiger partial charge < -0.3 is 15.5 Å². The molecule has 9 nitrogen and oxygen atoms in total. The summed E-state index contributed by atoms with van der Waals surface area (Å²) in [5.41, 5.74) is 1.20. The summed E-state index contributed by atoms with van der Waals surface area (Å²) in [5, 5.41) is 8.01. The number of anilines is 1. The molecule has 0 radical (unpaired) electrons. The Hall–Kier alpha value is -3.08. The third-order valence-electron chi connectivity index (χ3n) is 6.98. The van der Waals surface area contributed by atoms with Crippen LogP contribution in [0.3, 0.4) is 0 Å². The molecule has 1 aliphatic carbocycles. The van der Waals surface area contributed by atoms with Crippen molar-refractivity contribution in [2.24, 2.45) is 0 Å². The first kappa shape index (κ1) is 22.7. The van der Waals surface area contributed by atoms with Crippen molar-refractivity contribution in [3.63, 3.8) is 0 Å². The predicted molar refractivity (Wildman–Crippen MR) is 129 cm³/mol. The number of hydrogen-bond acceptors (Lipinski definition) is 6. The number of amides is 4. The Kier molecular flexibility index (Phi) is 5.75. The van der Waals surface area contributed by atoms with E-state index in [1.165, 1.54) is 0 Å². The van der Waals surface area contributed by atoms with Gasteiger partial charge in [0.25, 0.3) is 11.8 Å². The summed E-state index contributed by atoms with van der Waals surface area (Å²) in [6.45, 7) is 1.10. The van der Waals surface area contributed by atoms with Gasteiger partial charge in [-0.1, -0.05) is 37.1 Å². The number of hydrogen-bond donors (Lipinski definition) is 5. The highest BCUT2D eigenvalue weighted by molar-refractivity contribution is 8.24. The van der Waals surface area contributed by atoms with Crippen LogP contribution < -0.4 is 20.9 Å². The smallest absolute Gasteiger partial charge is 0.322 e. The van der Waals surface area contributed by atoms with Crippen LogP contribution in [0.15, 0.2) is 53.4 Å². The van der Waals surface area contributed by atoms with Gasteiger partial charge in [-0.05, 0) is 42.7 Å². The standard InChI is InChI=1S/C24H28N4O5S/c29-21(25-20-7-3-4-12-24(20)22(30)26-23(31)27-24)17-10-8-16(9-11-17)15-28-13-14-34(32,33)19-6-2-1-5-18(19)28/h1-2,5-6,8-11,20,32-33H,3-4,7,12-15H2,(H,25,29)(H2,26,27,30,31). The minimum atomic E-state index is -2.77. The first-order chi connectivity index (χ1) is 16.3. The highest BCUT2D eigenvalue weighted by Crippen LogP contribution is 2.55. The molecule has 2 aromatic carbocycles. The predicted octanol–water partition coefficient (Wildman–Crippen LogP) is 3.07. The number of nitrogens with zero attached hydrogens (tertiary/aromatic N) is 1. The van der Waals surface area contributed by atoms with Gasteiger partial charge in [0.05, 0.1) is 22.4 Å². The Balaban J connectivity index is 1.28. The van der Waals surface area contributed by atoms with Gasteiger partial charge in [-0.25, -0.2) is 4.79 Å². The van der Waals surface area contributed by atoms with Crippen molar-refractivity contribution in [3.8, 4) is 0 Å². The third-order valence-corrected chi connectivity index (χ3v) is 8.78. The summed E-state index contributed by atoms with van der Waals surface area (Å²) < 4.78 is 20.7. The molecule has 0 bridgehead atoms. The summed E-state index contributed by atoms with van der Waals surface area (Å²) >= 11 is 0. The lowest BCUT2D eigenvalue weighted by Crippen LogP contribution is -2.63. The number of urea groups is 1. The second kappa shape index (κ2) is 8.61. The maximum Gasteiger partial charge on any atom is 0.322 e. The van der Waals surface area contributed by atoms with Crippen LogP contribution >= 0.6 is 10.6 Å². The fraction of sp³-hybridized carbons (Fsp3) is 0.375. The van der Waals surface area contributed by atoms with E-state index in [-0.39, 0.29) is 17.6 Å². The Labute approximate surface area is 199 Å². The van der Waals surface area contributed by atoms with E-state index in [1.807, 2.05) is 24.3 Å².